The Hall–Kier alpha value is -0.0400. The van der Waals surface area contributed by atoms with Crippen LogP contribution in [0.2, 0.25) is 0 Å². The quantitative estimate of drug-likeness (QED) is 0.687. The van der Waals surface area contributed by atoms with Gasteiger partial charge in [-0.3, -0.25) is 0 Å². The number of hydrogen-bond donors (Lipinski definition) is 1. The van der Waals surface area contributed by atoms with Gasteiger partial charge in [-0.25, -0.2) is 0 Å². The SMILES string of the molecule is CC(CO)CCC1CCCCC1. The molecule has 72 valence electrons. The third kappa shape index (κ3) is 3.57. The molecule has 1 nitrogen and oxygen atoms in total. The molecule has 1 N–H and O–H groups in total. The van der Waals surface area contributed by atoms with Gasteiger partial charge in [0.1, 0.15) is 0 Å². The van der Waals surface area contributed by atoms with Gasteiger partial charge in [0.15, 0.2) is 0 Å². The van der Waals surface area contributed by atoms with Gasteiger partial charge in [-0.1, -0.05) is 45.4 Å². The third-order valence-corrected chi connectivity index (χ3v) is 3.10. The molecule has 1 unspecified atom stereocenters. The molecule has 0 aliphatic heterocycles. The second-order valence-electron chi connectivity index (χ2n) is 4.37. The molecular weight excluding hydrogens is 148 g/mol. The van der Waals surface area contributed by atoms with Crippen molar-refractivity contribution in [3.63, 3.8) is 0 Å². The van der Waals surface area contributed by atoms with Crippen LogP contribution in [0.15, 0.2) is 0 Å². The summed E-state index contributed by atoms with van der Waals surface area (Å²) in [7, 11) is 0. The molecule has 0 bridgehead atoms. The summed E-state index contributed by atoms with van der Waals surface area (Å²) in [4.78, 5) is 0. The zero-order chi connectivity index (χ0) is 8.81. The molecule has 1 atom stereocenters. The first-order chi connectivity index (χ1) is 5.83. The molecule has 0 heterocycles. The molecule has 1 saturated carbocycles. The van der Waals surface area contributed by atoms with E-state index in [0.29, 0.717) is 12.5 Å². The lowest BCUT2D eigenvalue weighted by molar-refractivity contribution is 0.214. The van der Waals surface area contributed by atoms with Crippen molar-refractivity contribution in [1.82, 2.24) is 0 Å². The Bertz CT molecular complexity index is 106. The zero-order valence-electron chi connectivity index (χ0n) is 8.26. The Morgan fingerprint density at radius 1 is 1.25 bits per heavy atom. The van der Waals surface area contributed by atoms with Crippen molar-refractivity contribution in [3.8, 4) is 0 Å². The third-order valence-electron chi connectivity index (χ3n) is 3.10. The summed E-state index contributed by atoms with van der Waals surface area (Å²) >= 11 is 0. The van der Waals surface area contributed by atoms with Crippen LogP contribution < -0.4 is 0 Å². The highest BCUT2D eigenvalue weighted by atomic mass is 16.3. The van der Waals surface area contributed by atoms with Gasteiger partial charge in [0.05, 0.1) is 0 Å². The van der Waals surface area contributed by atoms with Gasteiger partial charge in [0, 0.05) is 6.61 Å². The molecular formula is C11H22O. The summed E-state index contributed by atoms with van der Waals surface area (Å²) in [5, 5.41) is 8.86. The number of hydrogen-bond acceptors (Lipinski definition) is 1. The number of aliphatic hydroxyl groups excluding tert-OH is 1. The summed E-state index contributed by atoms with van der Waals surface area (Å²) in [5.41, 5.74) is 0. The molecule has 1 rings (SSSR count). The van der Waals surface area contributed by atoms with Crippen molar-refractivity contribution in [2.45, 2.75) is 51.9 Å². The van der Waals surface area contributed by atoms with Gasteiger partial charge in [-0.2, -0.15) is 0 Å². The molecule has 0 saturated heterocycles. The molecule has 0 aromatic rings. The van der Waals surface area contributed by atoms with Crippen LogP contribution in [0.5, 0.6) is 0 Å². The highest BCUT2D eigenvalue weighted by Crippen LogP contribution is 2.28. The summed E-state index contributed by atoms with van der Waals surface area (Å²) in [5.74, 6) is 1.50. The Balaban J connectivity index is 2.05. The predicted octanol–water partition coefficient (Wildman–Crippen LogP) is 2.98. The summed E-state index contributed by atoms with van der Waals surface area (Å²) in [6.45, 7) is 2.51. The first-order valence-corrected chi connectivity index (χ1v) is 5.43. The summed E-state index contributed by atoms with van der Waals surface area (Å²) in [6, 6.07) is 0. The fourth-order valence-corrected chi connectivity index (χ4v) is 2.09. The predicted molar refractivity (Wildman–Crippen MR) is 52.1 cm³/mol. The second kappa shape index (κ2) is 5.58. The molecule has 0 radical (unpaired) electrons. The van der Waals surface area contributed by atoms with Crippen molar-refractivity contribution in [1.29, 1.82) is 0 Å². The van der Waals surface area contributed by atoms with E-state index in [1.54, 1.807) is 0 Å². The van der Waals surface area contributed by atoms with E-state index in [0.717, 1.165) is 5.92 Å². The summed E-state index contributed by atoms with van der Waals surface area (Å²) in [6.07, 6.45) is 9.79. The Morgan fingerprint density at radius 3 is 2.50 bits per heavy atom. The molecule has 0 aromatic heterocycles. The van der Waals surface area contributed by atoms with Crippen molar-refractivity contribution in [2.24, 2.45) is 11.8 Å². The maximum absolute atomic E-state index is 8.86. The highest BCUT2D eigenvalue weighted by Gasteiger charge is 2.13. The van der Waals surface area contributed by atoms with E-state index in [-0.39, 0.29) is 0 Å². The van der Waals surface area contributed by atoms with E-state index in [2.05, 4.69) is 6.92 Å². The zero-order valence-corrected chi connectivity index (χ0v) is 8.26. The maximum Gasteiger partial charge on any atom is 0.0456 e. The minimum atomic E-state index is 0.368. The van der Waals surface area contributed by atoms with Gasteiger partial charge in [-0.15, -0.1) is 0 Å². The van der Waals surface area contributed by atoms with Crippen molar-refractivity contribution >= 4 is 0 Å². The Kier molecular flexibility index (Phi) is 4.67. The lowest BCUT2D eigenvalue weighted by atomic mass is 9.84. The number of aliphatic hydroxyl groups is 1. The topological polar surface area (TPSA) is 20.2 Å². The van der Waals surface area contributed by atoms with Gasteiger partial charge < -0.3 is 5.11 Å². The standard InChI is InChI=1S/C11H22O/c1-10(9-12)7-8-11-5-3-2-4-6-11/h10-12H,2-9H2,1H3. The lowest BCUT2D eigenvalue weighted by Gasteiger charge is -2.22. The average Bonchev–Trinajstić information content (AvgIpc) is 2.16. The van der Waals surface area contributed by atoms with E-state index in [1.165, 1.54) is 44.9 Å². The van der Waals surface area contributed by atoms with Gasteiger partial charge in [0.25, 0.3) is 0 Å². The number of rotatable bonds is 4. The normalized spacial score (nSPS) is 22.5. The Morgan fingerprint density at radius 2 is 1.92 bits per heavy atom. The van der Waals surface area contributed by atoms with Crippen LogP contribution >= 0.6 is 0 Å². The van der Waals surface area contributed by atoms with Crippen LogP contribution in [-0.2, 0) is 0 Å². The maximum atomic E-state index is 8.86. The highest BCUT2D eigenvalue weighted by molar-refractivity contribution is 4.66. The molecule has 1 aliphatic rings. The molecule has 1 aliphatic carbocycles. The van der Waals surface area contributed by atoms with Gasteiger partial charge >= 0.3 is 0 Å². The molecule has 1 fully saturated rings. The van der Waals surface area contributed by atoms with E-state index < -0.39 is 0 Å². The minimum Gasteiger partial charge on any atom is -0.396 e. The van der Waals surface area contributed by atoms with Crippen LogP contribution in [0, 0.1) is 11.8 Å². The first-order valence-electron chi connectivity index (χ1n) is 5.43. The minimum absolute atomic E-state index is 0.368. The van der Waals surface area contributed by atoms with Gasteiger partial charge in [-0.05, 0) is 18.3 Å². The molecule has 1 heteroatoms. The van der Waals surface area contributed by atoms with E-state index >= 15 is 0 Å². The second-order valence-corrected chi connectivity index (χ2v) is 4.37. The average molecular weight is 170 g/mol. The van der Waals surface area contributed by atoms with Crippen molar-refractivity contribution in [2.75, 3.05) is 6.61 Å². The molecule has 0 spiro atoms. The van der Waals surface area contributed by atoms with E-state index in [4.69, 9.17) is 5.11 Å². The largest absolute Gasteiger partial charge is 0.396 e. The molecule has 12 heavy (non-hydrogen) atoms. The monoisotopic (exact) mass is 170 g/mol. The summed E-state index contributed by atoms with van der Waals surface area (Å²) < 4.78 is 0. The van der Waals surface area contributed by atoms with Crippen LogP contribution in [0.1, 0.15) is 51.9 Å². The van der Waals surface area contributed by atoms with Crippen molar-refractivity contribution in [3.05, 3.63) is 0 Å². The van der Waals surface area contributed by atoms with Crippen LogP contribution in [0.4, 0.5) is 0 Å². The van der Waals surface area contributed by atoms with Crippen molar-refractivity contribution < 1.29 is 5.11 Å². The van der Waals surface area contributed by atoms with E-state index in [1.807, 2.05) is 0 Å². The smallest absolute Gasteiger partial charge is 0.0456 e. The van der Waals surface area contributed by atoms with Crippen LogP contribution in [-0.4, -0.2) is 11.7 Å². The van der Waals surface area contributed by atoms with Crippen LogP contribution in [0.25, 0.3) is 0 Å². The van der Waals surface area contributed by atoms with Crippen LogP contribution in [0.3, 0.4) is 0 Å². The fraction of sp³-hybridized carbons (Fsp3) is 1.00. The fourth-order valence-electron chi connectivity index (χ4n) is 2.09. The molecule has 0 amide bonds. The Labute approximate surface area is 76.2 Å². The van der Waals surface area contributed by atoms with E-state index in [9.17, 15) is 0 Å². The van der Waals surface area contributed by atoms with Gasteiger partial charge in [0.2, 0.25) is 0 Å². The lowest BCUT2D eigenvalue weighted by Crippen LogP contribution is -2.09. The molecule has 0 aromatic carbocycles. The first kappa shape index (κ1) is 10.0.